The molecule has 31 heavy (non-hydrogen) atoms. The average Bonchev–Trinajstić information content (AvgIpc) is 3.07. The molecule has 1 aliphatic rings. The van der Waals surface area contributed by atoms with Crippen molar-refractivity contribution in [1.82, 2.24) is 4.98 Å². The molecule has 162 valence electrons. The zero-order valence-electron chi connectivity index (χ0n) is 18.2. The molecule has 4 rings (SSSR count). The van der Waals surface area contributed by atoms with Gasteiger partial charge in [0.2, 0.25) is 0 Å². The standard InChI is InChI=1S/C24H25F2N3O2/c1-13-11-27-22-14(13)7-6-8-15(22)19-16(25)9-17-20(21(19)26)18(10-23(2,3)28-17)29-31-24(4,5)12-30/h6-9,11-12,27-28H,10H2,1-5H3/b29-18+. The molecule has 0 aliphatic carbocycles. The molecule has 0 unspecified atom stereocenters. The number of hydrogen-bond acceptors (Lipinski definition) is 4. The van der Waals surface area contributed by atoms with Crippen LogP contribution in [0.1, 0.15) is 45.2 Å². The first-order chi connectivity index (χ1) is 14.5. The van der Waals surface area contributed by atoms with Gasteiger partial charge in [0.1, 0.15) is 11.6 Å². The van der Waals surface area contributed by atoms with Crippen LogP contribution in [0.4, 0.5) is 14.5 Å². The number of benzene rings is 2. The average molecular weight is 425 g/mol. The summed E-state index contributed by atoms with van der Waals surface area (Å²) in [5.41, 5.74) is 1.07. The molecule has 0 atom stereocenters. The smallest absolute Gasteiger partial charge is 0.186 e. The predicted molar refractivity (Wildman–Crippen MR) is 118 cm³/mol. The summed E-state index contributed by atoms with van der Waals surface area (Å²) in [5.74, 6) is -1.39. The zero-order chi connectivity index (χ0) is 22.6. The Morgan fingerprint density at radius 2 is 1.97 bits per heavy atom. The Hall–Kier alpha value is -3.22. The van der Waals surface area contributed by atoms with Crippen molar-refractivity contribution in [3.63, 3.8) is 0 Å². The molecule has 0 bridgehead atoms. The van der Waals surface area contributed by atoms with Gasteiger partial charge in [0.25, 0.3) is 0 Å². The molecule has 2 aromatic carbocycles. The van der Waals surface area contributed by atoms with Gasteiger partial charge >= 0.3 is 0 Å². The van der Waals surface area contributed by atoms with Crippen molar-refractivity contribution < 1.29 is 18.4 Å². The molecule has 0 radical (unpaired) electrons. The number of rotatable bonds is 4. The van der Waals surface area contributed by atoms with E-state index >= 15 is 8.78 Å². The van der Waals surface area contributed by atoms with Gasteiger partial charge in [-0.3, -0.25) is 4.79 Å². The lowest BCUT2D eigenvalue weighted by atomic mass is 9.85. The predicted octanol–water partition coefficient (Wildman–Crippen LogP) is 5.71. The lowest BCUT2D eigenvalue weighted by Crippen LogP contribution is -2.39. The van der Waals surface area contributed by atoms with Crippen molar-refractivity contribution in [3.8, 4) is 11.1 Å². The maximum absolute atomic E-state index is 15.9. The number of anilines is 1. The van der Waals surface area contributed by atoms with Crippen molar-refractivity contribution in [2.75, 3.05) is 5.32 Å². The minimum atomic E-state index is -1.16. The fourth-order valence-electron chi connectivity index (χ4n) is 3.94. The fraction of sp³-hybridized carbons (Fsp3) is 0.333. The highest BCUT2D eigenvalue weighted by Gasteiger charge is 2.35. The summed E-state index contributed by atoms with van der Waals surface area (Å²) in [5, 5.41) is 8.22. The van der Waals surface area contributed by atoms with E-state index in [9.17, 15) is 4.79 Å². The highest BCUT2D eigenvalue weighted by atomic mass is 19.1. The highest BCUT2D eigenvalue weighted by Crippen LogP contribution is 2.40. The van der Waals surface area contributed by atoms with Crippen LogP contribution in [-0.2, 0) is 9.63 Å². The van der Waals surface area contributed by atoms with Gasteiger partial charge in [-0.15, -0.1) is 0 Å². The van der Waals surface area contributed by atoms with Crippen molar-refractivity contribution in [2.45, 2.75) is 52.2 Å². The van der Waals surface area contributed by atoms with Gasteiger partial charge in [-0.05, 0) is 46.2 Å². The first-order valence-electron chi connectivity index (χ1n) is 10.1. The Morgan fingerprint density at radius 1 is 1.23 bits per heavy atom. The van der Waals surface area contributed by atoms with E-state index in [0.29, 0.717) is 35.2 Å². The summed E-state index contributed by atoms with van der Waals surface area (Å²) >= 11 is 0. The van der Waals surface area contributed by atoms with Crippen LogP contribution in [0.25, 0.3) is 22.0 Å². The van der Waals surface area contributed by atoms with Gasteiger partial charge in [-0.2, -0.15) is 0 Å². The van der Waals surface area contributed by atoms with Gasteiger partial charge in [0, 0.05) is 34.8 Å². The minimum Gasteiger partial charge on any atom is -0.382 e. The maximum Gasteiger partial charge on any atom is 0.186 e. The SMILES string of the molecule is Cc1c[nH]c2c(-c3c(F)cc4c(c3F)/C(=N/OC(C)(C)C=O)CC(C)(C)N4)cccc12. The topological polar surface area (TPSA) is 66.5 Å². The van der Waals surface area contributed by atoms with E-state index in [1.807, 2.05) is 33.0 Å². The molecule has 1 aliphatic heterocycles. The zero-order valence-corrected chi connectivity index (χ0v) is 18.2. The number of halogens is 2. The number of oxime groups is 1. The number of aryl methyl sites for hydroxylation is 1. The van der Waals surface area contributed by atoms with Crippen molar-refractivity contribution in [3.05, 3.63) is 53.2 Å². The van der Waals surface area contributed by atoms with Crippen molar-refractivity contribution >= 4 is 28.6 Å². The lowest BCUT2D eigenvalue weighted by molar-refractivity contribution is -0.126. The van der Waals surface area contributed by atoms with Crippen LogP contribution >= 0.6 is 0 Å². The van der Waals surface area contributed by atoms with E-state index in [-0.39, 0.29) is 11.1 Å². The number of hydrogen-bond donors (Lipinski definition) is 2. The van der Waals surface area contributed by atoms with Crippen LogP contribution < -0.4 is 5.32 Å². The molecule has 0 fully saturated rings. The molecule has 1 aromatic heterocycles. The normalized spacial score (nSPS) is 16.8. The second kappa shape index (κ2) is 7.18. The molecule has 0 saturated heterocycles. The summed E-state index contributed by atoms with van der Waals surface area (Å²) in [6.07, 6.45) is 2.78. The molecule has 2 N–H and O–H groups in total. The molecule has 0 amide bonds. The number of aromatic nitrogens is 1. The number of nitrogens with one attached hydrogen (secondary N) is 2. The third kappa shape index (κ3) is 3.69. The Morgan fingerprint density at radius 3 is 2.68 bits per heavy atom. The van der Waals surface area contributed by atoms with Gasteiger partial charge in [-0.25, -0.2) is 8.78 Å². The van der Waals surface area contributed by atoms with E-state index in [1.165, 1.54) is 6.07 Å². The third-order valence-electron chi connectivity index (χ3n) is 5.46. The quantitative estimate of drug-likeness (QED) is 0.415. The molecule has 0 saturated carbocycles. The van der Waals surface area contributed by atoms with Crippen molar-refractivity contribution in [2.24, 2.45) is 5.16 Å². The summed E-state index contributed by atoms with van der Waals surface area (Å²) < 4.78 is 31.2. The highest BCUT2D eigenvalue weighted by molar-refractivity contribution is 6.09. The lowest BCUT2D eigenvalue weighted by Gasteiger charge is -2.35. The molecule has 2 heterocycles. The summed E-state index contributed by atoms with van der Waals surface area (Å²) in [6, 6.07) is 6.67. The number of para-hydroxylation sites is 1. The van der Waals surface area contributed by atoms with Gasteiger partial charge in [0.15, 0.2) is 11.9 Å². The summed E-state index contributed by atoms with van der Waals surface area (Å²) in [6.45, 7) is 8.88. The van der Waals surface area contributed by atoms with Crippen LogP contribution in [0.2, 0.25) is 0 Å². The van der Waals surface area contributed by atoms with E-state index in [0.717, 1.165) is 10.9 Å². The van der Waals surface area contributed by atoms with Crippen LogP contribution in [0.15, 0.2) is 35.6 Å². The second-order valence-electron chi connectivity index (χ2n) is 9.21. The van der Waals surface area contributed by atoms with Crippen LogP contribution in [0.3, 0.4) is 0 Å². The molecule has 0 spiro atoms. The van der Waals surface area contributed by atoms with Gasteiger partial charge in [-0.1, -0.05) is 23.4 Å². The first kappa shape index (κ1) is 21.0. The van der Waals surface area contributed by atoms with Gasteiger partial charge in [0.05, 0.1) is 22.4 Å². The second-order valence-corrected chi connectivity index (χ2v) is 9.21. The van der Waals surface area contributed by atoms with Crippen LogP contribution in [0, 0.1) is 18.6 Å². The Bertz CT molecular complexity index is 1230. The number of fused-ring (bicyclic) bond motifs is 2. The molecule has 3 aromatic rings. The Balaban J connectivity index is 1.95. The molecular weight excluding hydrogens is 400 g/mol. The Kier molecular flexibility index (Phi) is 4.87. The summed E-state index contributed by atoms with van der Waals surface area (Å²) in [7, 11) is 0. The number of H-pyrrole nitrogens is 1. The van der Waals surface area contributed by atoms with Crippen molar-refractivity contribution in [1.29, 1.82) is 0 Å². The Labute approximate surface area is 179 Å². The van der Waals surface area contributed by atoms with Crippen LogP contribution in [0.5, 0.6) is 0 Å². The maximum atomic E-state index is 15.9. The number of aromatic amines is 1. The fourth-order valence-corrected chi connectivity index (χ4v) is 3.94. The van der Waals surface area contributed by atoms with Crippen LogP contribution in [-0.4, -0.2) is 28.1 Å². The number of carbonyl (C=O) groups excluding carboxylic acids is 1. The molecule has 5 nitrogen and oxygen atoms in total. The monoisotopic (exact) mass is 425 g/mol. The summed E-state index contributed by atoms with van der Waals surface area (Å²) in [4.78, 5) is 19.7. The number of carbonyl (C=O) groups is 1. The largest absolute Gasteiger partial charge is 0.382 e. The van der Waals surface area contributed by atoms with E-state index < -0.39 is 22.8 Å². The number of aldehydes is 1. The molecular formula is C24H25F2N3O2. The van der Waals surface area contributed by atoms with E-state index in [2.05, 4.69) is 15.5 Å². The van der Waals surface area contributed by atoms with E-state index in [4.69, 9.17) is 4.84 Å². The number of nitrogens with zero attached hydrogens (tertiary/aromatic N) is 1. The minimum absolute atomic E-state index is 0.130. The third-order valence-corrected chi connectivity index (χ3v) is 5.46. The molecule has 7 heteroatoms. The van der Waals surface area contributed by atoms with Gasteiger partial charge < -0.3 is 15.1 Å². The van der Waals surface area contributed by atoms with E-state index in [1.54, 1.807) is 26.0 Å². The first-order valence-corrected chi connectivity index (χ1v) is 10.1.